The minimum Gasteiger partial charge on any atom is -0.411 e. The molecule has 2 rings (SSSR count). The highest BCUT2D eigenvalue weighted by Crippen LogP contribution is 2.23. The van der Waals surface area contributed by atoms with Crippen molar-refractivity contribution in [3.8, 4) is 0 Å². The third kappa shape index (κ3) is 2.46. The minimum atomic E-state index is 0.852. The first kappa shape index (κ1) is 9.97. The Kier molecular flexibility index (Phi) is 3.18. The summed E-state index contributed by atoms with van der Waals surface area (Å²) < 4.78 is 0. The Bertz CT molecular complexity index is 379. The molecule has 1 aliphatic carbocycles. The quantitative estimate of drug-likeness (QED) is 0.547. The summed E-state index contributed by atoms with van der Waals surface area (Å²) in [7, 11) is 0. The van der Waals surface area contributed by atoms with Gasteiger partial charge in [-0.05, 0) is 42.9 Å². The molecule has 1 N–H and O–H groups in total. The van der Waals surface area contributed by atoms with Crippen LogP contribution in [0.15, 0.2) is 41.1 Å². The Morgan fingerprint density at radius 3 is 2.53 bits per heavy atom. The Morgan fingerprint density at radius 2 is 1.80 bits per heavy atom. The number of rotatable bonds is 1. The molecule has 0 unspecified atom stereocenters. The number of hydrogen-bond acceptors (Lipinski definition) is 2. The predicted molar refractivity (Wildman–Crippen MR) is 62.1 cm³/mol. The summed E-state index contributed by atoms with van der Waals surface area (Å²) in [6, 6.07) is 10.2. The molecular weight excluding hydrogens is 186 g/mol. The topological polar surface area (TPSA) is 32.6 Å². The van der Waals surface area contributed by atoms with Crippen LogP contribution in [0.4, 0.5) is 0 Å². The van der Waals surface area contributed by atoms with Crippen LogP contribution in [0.1, 0.15) is 31.2 Å². The van der Waals surface area contributed by atoms with E-state index in [4.69, 9.17) is 5.21 Å². The van der Waals surface area contributed by atoms with Gasteiger partial charge in [-0.1, -0.05) is 35.5 Å². The van der Waals surface area contributed by atoms with E-state index in [9.17, 15) is 0 Å². The molecule has 1 aliphatic rings. The monoisotopic (exact) mass is 201 g/mol. The predicted octanol–water partition coefficient (Wildman–Crippen LogP) is 3.47. The molecule has 0 atom stereocenters. The van der Waals surface area contributed by atoms with Crippen LogP contribution in [0.2, 0.25) is 0 Å². The fourth-order valence-corrected chi connectivity index (χ4v) is 1.93. The maximum atomic E-state index is 8.89. The lowest BCUT2D eigenvalue weighted by Gasteiger charge is -2.15. The van der Waals surface area contributed by atoms with Gasteiger partial charge in [0.15, 0.2) is 0 Å². The van der Waals surface area contributed by atoms with Crippen molar-refractivity contribution in [3.05, 3.63) is 41.5 Å². The van der Waals surface area contributed by atoms with Gasteiger partial charge in [-0.15, -0.1) is 0 Å². The highest BCUT2D eigenvalue weighted by molar-refractivity contribution is 6.03. The maximum Gasteiger partial charge on any atom is 0.0827 e. The van der Waals surface area contributed by atoms with Gasteiger partial charge in [0, 0.05) is 0 Å². The van der Waals surface area contributed by atoms with Gasteiger partial charge in [0.2, 0.25) is 0 Å². The van der Waals surface area contributed by atoms with Gasteiger partial charge in [0.25, 0.3) is 0 Å². The van der Waals surface area contributed by atoms with E-state index in [-0.39, 0.29) is 0 Å². The highest BCUT2D eigenvalue weighted by atomic mass is 16.4. The van der Waals surface area contributed by atoms with Crippen LogP contribution in [-0.4, -0.2) is 10.9 Å². The van der Waals surface area contributed by atoms with E-state index in [1.807, 2.05) is 18.2 Å². The zero-order chi connectivity index (χ0) is 10.5. The molecule has 1 aromatic rings. The van der Waals surface area contributed by atoms with Gasteiger partial charge in [0.05, 0.1) is 5.71 Å². The molecule has 0 aliphatic heterocycles. The van der Waals surface area contributed by atoms with Crippen LogP contribution in [0.3, 0.4) is 0 Å². The molecule has 0 saturated heterocycles. The van der Waals surface area contributed by atoms with Crippen molar-refractivity contribution in [1.29, 1.82) is 0 Å². The van der Waals surface area contributed by atoms with Crippen molar-refractivity contribution in [1.82, 2.24) is 0 Å². The number of oxime groups is 1. The van der Waals surface area contributed by atoms with Crippen molar-refractivity contribution >= 4 is 11.8 Å². The zero-order valence-electron chi connectivity index (χ0n) is 8.69. The molecule has 0 bridgehead atoms. The molecule has 15 heavy (non-hydrogen) atoms. The fourth-order valence-electron chi connectivity index (χ4n) is 1.93. The third-order valence-corrected chi connectivity index (χ3v) is 2.74. The molecule has 0 aromatic heterocycles. The van der Waals surface area contributed by atoms with E-state index < -0.39 is 0 Å². The molecule has 0 spiro atoms. The first-order valence-corrected chi connectivity index (χ1v) is 5.37. The van der Waals surface area contributed by atoms with Crippen molar-refractivity contribution in [2.24, 2.45) is 5.16 Å². The smallest absolute Gasteiger partial charge is 0.0827 e. The second-order valence-electron chi connectivity index (χ2n) is 3.83. The van der Waals surface area contributed by atoms with Crippen LogP contribution in [0.25, 0.3) is 6.08 Å². The molecule has 2 heteroatoms. The number of allylic oxidation sites excluding steroid dienone is 1. The van der Waals surface area contributed by atoms with Gasteiger partial charge in [0.1, 0.15) is 0 Å². The van der Waals surface area contributed by atoms with Crippen LogP contribution in [-0.2, 0) is 0 Å². The van der Waals surface area contributed by atoms with Gasteiger partial charge in [-0.25, -0.2) is 0 Å². The SMILES string of the molecule is O/N=C1/CCCCC1=Cc1ccccc1. The number of benzene rings is 1. The Balaban J connectivity index is 2.25. The molecule has 1 saturated carbocycles. The van der Waals surface area contributed by atoms with Crippen LogP contribution in [0.5, 0.6) is 0 Å². The second kappa shape index (κ2) is 4.78. The van der Waals surface area contributed by atoms with E-state index in [0.717, 1.165) is 25.0 Å². The van der Waals surface area contributed by atoms with Crippen molar-refractivity contribution in [2.45, 2.75) is 25.7 Å². The van der Waals surface area contributed by atoms with E-state index in [1.54, 1.807) is 0 Å². The van der Waals surface area contributed by atoms with E-state index in [2.05, 4.69) is 23.4 Å². The largest absolute Gasteiger partial charge is 0.411 e. The highest BCUT2D eigenvalue weighted by Gasteiger charge is 2.13. The summed E-state index contributed by atoms with van der Waals surface area (Å²) in [5.41, 5.74) is 3.20. The molecular formula is C13H15NO. The first-order chi connectivity index (χ1) is 7.40. The lowest BCUT2D eigenvalue weighted by atomic mass is 9.91. The Hall–Kier alpha value is -1.57. The summed E-state index contributed by atoms with van der Waals surface area (Å²) in [4.78, 5) is 0. The first-order valence-electron chi connectivity index (χ1n) is 5.37. The number of nitrogens with zero attached hydrogens (tertiary/aromatic N) is 1. The van der Waals surface area contributed by atoms with E-state index >= 15 is 0 Å². The molecule has 78 valence electrons. The summed E-state index contributed by atoms with van der Waals surface area (Å²) in [6.45, 7) is 0. The maximum absolute atomic E-state index is 8.89. The number of hydrogen-bond donors (Lipinski definition) is 1. The van der Waals surface area contributed by atoms with Gasteiger partial charge in [-0.3, -0.25) is 0 Å². The summed E-state index contributed by atoms with van der Waals surface area (Å²) in [5, 5.41) is 12.3. The third-order valence-electron chi connectivity index (χ3n) is 2.74. The van der Waals surface area contributed by atoms with Gasteiger partial charge >= 0.3 is 0 Å². The van der Waals surface area contributed by atoms with Crippen LogP contribution >= 0.6 is 0 Å². The Labute approximate surface area is 89.9 Å². The molecule has 0 amide bonds. The van der Waals surface area contributed by atoms with E-state index in [1.165, 1.54) is 17.6 Å². The van der Waals surface area contributed by atoms with Crippen molar-refractivity contribution in [3.63, 3.8) is 0 Å². The van der Waals surface area contributed by atoms with E-state index in [0.29, 0.717) is 0 Å². The summed E-state index contributed by atoms with van der Waals surface area (Å²) in [6.07, 6.45) is 6.36. The molecule has 0 radical (unpaired) electrons. The molecule has 1 aromatic carbocycles. The summed E-state index contributed by atoms with van der Waals surface area (Å²) in [5.74, 6) is 0. The van der Waals surface area contributed by atoms with Crippen LogP contribution in [0, 0.1) is 0 Å². The normalized spacial score (nSPS) is 22.1. The van der Waals surface area contributed by atoms with Gasteiger partial charge in [-0.2, -0.15) is 0 Å². The standard InChI is InChI=1S/C13H15NO/c15-14-13-9-5-4-8-12(13)10-11-6-2-1-3-7-11/h1-3,6-7,10,15H,4-5,8-9H2/b12-10?,14-13-. The van der Waals surface area contributed by atoms with Gasteiger partial charge < -0.3 is 5.21 Å². The molecule has 2 nitrogen and oxygen atoms in total. The molecule has 1 fully saturated rings. The summed E-state index contributed by atoms with van der Waals surface area (Å²) >= 11 is 0. The fraction of sp³-hybridized carbons (Fsp3) is 0.308. The lowest BCUT2D eigenvalue weighted by molar-refractivity contribution is 0.316. The van der Waals surface area contributed by atoms with Crippen molar-refractivity contribution in [2.75, 3.05) is 0 Å². The Morgan fingerprint density at radius 1 is 1.07 bits per heavy atom. The van der Waals surface area contributed by atoms with Crippen molar-refractivity contribution < 1.29 is 5.21 Å². The second-order valence-corrected chi connectivity index (χ2v) is 3.83. The minimum absolute atomic E-state index is 0.852. The van der Waals surface area contributed by atoms with Crippen LogP contribution < -0.4 is 0 Å². The zero-order valence-corrected chi connectivity index (χ0v) is 8.69. The molecule has 0 heterocycles. The average molecular weight is 201 g/mol. The average Bonchev–Trinajstić information content (AvgIpc) is 2.31. The lowest BCUT2D eigenvalue weighted by Crippen LogP contribution is -2.08.